The van der Waals surface area contributed by atoms with Gasteiger partial charge in [-0.15, -0.1) is 5.10 Å². The number of benzene rings is 2. The van der Waals surface area contributed by atoms with Gasteiger partial charge in [0, 0.05) is 6.54 Å². The Kier molecular flexibility index (Phi) is 6.14. The van der Waals surface area contributed by atoms with Crippen LogP contribution in [-0.4, -0.2) is 32.2 Å². The predicted molar refractivity (Wildman–Crippen MR) is 109 cm³/mol. The van der Waals surface area contributed by atoms with Crippen molar-refractivity contribution in [3.05, 3.63) is 66.0 Å². The van der Waals surface area contributed by atoms with Crippen LogP contribution in [0, 0.1) is 0 Å². The smallest absolute Gasteiger partial charge is 0.224 e. The van der Waals surface area contributed by atoms with E-state index in [-0.39, 0.29) is 5.91 Å². The van der Waals surface area contributed by atoms with Crippen molar-refractivity contribution in [2.24, 2.45) is 0 Å². The number of hydrogen-bond donors (Lipinski definition) is 1. The molecule has 7 heteroatoms. The molecule has 4 rings (SSSR count). The zero-order chi connectivity index (χ0) is 19.9. The molecule has 1 amide bonds. The topological polar surface area (TPSA) is 81.9 Å². The Morgan fingerprint density at radius 3 is 2.41 bits per heavy atom. The average Bonchev–Trinajstić information content (AvgIpc) is 3.30. The van der Waals surface area contributed by atoms with Gasteiger partial charge in [-0.05, 0) is 71.5 Å². The molecule has 29 heavy (non-hydrogen) atoms. The first kappa shape index (κ1) is 19.1. The second kappa shape index (κ2) is 9.32. The Morgan fingerprint density at radius 2 is 1.72 bits per heavy atom. The minimum Gasteiger partial charge on any atom is -0.490 e. The van der Waals surface area contributed by atoms with Gasteiger partial charge in [-0.2, -0.15) is 0 Å². The highest BCUT2D eigenvalue weighted by molar-refractivity contribution is 5.78. The Balaban J connectivity index is 1.24. The molecule has 1 aliphatic carbocycles. The van der Waals surface area contributed by atoms with E-state index in [1.54, 1.807) is 4.68 Å². The van der Waals surface area contributed by atoms with Crippen LogP contribution in [0.3, 0.4) is 0 Å². The van der Waals surface area contributed by atoms with Crippen LogP contribution in [0.4, 0.5) is 0 Å². The van der Waals surface area contributed by atoms with Crippen LogP contribution in [0.25, 0.3) is 5.69 Å². The third kappa shape index (κ3) is 5.40. The Morgan fingerprint density at radius 1 is 1.00 bits per heavy atom. The van der Waals surface area contributed by atoms with Gasteiger partial charge in [0.1, 0.15) is 12.1 Å². The van der Waals surface area contributed by atoms with Gasteiger partial charge in [-0.3, -0.25) is 4.79 Å². The molecule has 0 bridgehead atoms. The van der Waals surface area contributed by atoms with Crippen LogP contribution in [0.15, 0.2) is 54.9 Å². The van der Waals surface area contributed by atoms with Crippen molar-refractivity contribution in [1.82, 2.24) is 25.5 Å². The van der Waals surface area contributed by atoms with Crippen LogP contribution in [-0.2, 0) is 17.8 Å². The van der Waals surface area contributed by atoms with E-state index in [0.29, 0.717) is 19.1 Å². The van der Waals surface area contributed by atoms with Gasteiger partial charge in [-0.25, -0.2) is 4.68 Å². The second-order valence-corrected chi connectivity index (χ2v) is 7.40. The van der Waals surface area contributed by atoms with Gasteiger partial charge in [0.25, 0.3) is 0 Å². The Labute approximate surface area is 170 Å². The summed E-state index contributed by atoms with van der Waals surface area (Å²) in [4.78, 5) is 12.3. The molecule has 1 heterocycles. The molecule has 3 aromatic rings. The van der Waals surface area contributed by atoms with Crippen LogP contribution < -0.4 is 10.1 Å². The summed E-state index contributed by atoms with van der Waals surface area (Å²) in [7, 11) is 0. The lowest BCUT2D eigenvalue weighted by molar-refractivity contribution is -0.120. The number of hydrogen-bond acceptors (Lipinski definition) is 5. The Hall–Kier alpha value is -3.22. The first-order valence-electron chi connectivity index (χ1n) is 10.1. The van der Waals surface area contributed by atoms with Crippen LogP contribution in [0.5, 0.6) is 5.75 Å². The molecule has 2 aromatic carbocycles. The SMILES string of the molecule is O=C(Cc1ccc(-n2cnnn2)cc1)NCc1ccc(OC2CCCCC2)cc1. The summed E-state index contributed by atoms with van der Waals surface area (Å²) in [6, 6.07) is 15.6. The highest BCUT2D eigenvalue weighted by atomic mass is 16.5. The number of tetrazole rings is 1. The highest BCUT2D eigenvalue weighted by Gasteiger charge is 2.14. The van der Waals surface area contributed by atoms with Crippen molar-refractivity contribution < 1.29 is 9.53 Å². The molecule has 0 aliphatic heterocycles. The third-order valence-corrected chi connectivity index (χ3v) is 5.18. The molecule has 0 unspecified atom stereocenters. The summed E-state index contributed by atoms with van der Waals surface area (Å²) >= 11 is 0. The van der Waals surface area contributed by atoms with Crippen molar-refractivity contribution in [3.8, 4) is 11.4 Å². The van der Waals surface area contributed by atoms with Gasteiger partial charge < -0.3 is 10.1 Å². The van der Waals surface area contributed by atoms with Crippen molar-refractivity contribution in [2.45, 2.75) is 51.2 Å². The molecular formula is C22H25N5O2. The second-order valence-electron chi connectivity index (χ2n) is 7.40. The summed E-state index contributed by atoms with van der Waals surface area (Å²) in [5, 5.41) is 14.1. The number of aromatic nitrogens is 4. The molecule has 0 atom stereocenters. The van der Waals surface area contributed by atoms with E-state index in [1.807, 2.05) is 48.5 Å². The van der Waals surface area contributed by atoms with E-state index in [0.717, 1.165) is 35.4 Å². The molecule has 150 valence electrons. The molecule has 1 aliphatic rings. The first-order valence-corrected chi connectivity index (χ1v) is 10.1. The lowest BCUT2D eigenvalue weighted by Crippen LogP contribution is -2.24. The van der Waals surface area contributed by atoms with E-state index in [1.165, 1.54) is 25.6 Å². The maximum Gasteiger partial charge on any atom is 0.224 e. The minimum atomic E-state index is -0.0114. The monoisotopic (exact) mass is 391 g/mol. The maximum atomic E-state index is 12.3. The molecule has 0 radical (unpaired) electrons. The molecule has 7 nitrogen and oxygen atoms in total. The molecule has 0 saturated heterocycles. The van der Waals surface area contributed by atoms with Gasteiger partial charge >= 0.3 is 0 Å². The number of amides is 1. The van der Waals surface area contributed by atoms with Crippen molar-refractivity contribution in [1.29, 1.82) is 0 Å². The number of nitrogens with zero attached hydrogens (tertiary/aromatic N) is 4. The fourth-order valence-corrected chi connectivity index (χ4v) is 3.56. The molecule has 1 saturated carbocycles. The number of carbonyl (C=O) groups excluding carboxylic acids is 1. The number of nitrogens with one attached hydrogen (secondary N) is 1. The number of ether oxygens (including phenoxy) is 1. The average molecular weight is 391 g/mol. The van der Waals surface area contributed by atoms with Gasteiger partial charge in [0.15, 0.2) is 0 Å². The first-order chi connectivity index (χ1) is 14.3. The molecule has 0 spiro atoms. The fraction of sp³-hybridized carbons (Fsp3) is 0.364. The van der Waals surface area contributed by atoms with E-state index in [9.17, 15) is 4.79 Å². The molecular weight excluding hydrogens is 366 g/mol. The molecule has 1 N–H and O–H groups in total. The molecule has 1 fully saturated rings. The predicted octanol–water partition coefficient (Wildman–Crippen LogP) is 3.23. The van der Waals surface area contributed by atoms with Crippen LogP contribution in [0.2, 0.25) is 0 Å². The van der Waals surface area contributed by atoms with Crippen LogP contribution in [0.1, 0.15) is 43.2 Å². The number of rotatable bonds is 7. The quantitative estimate of drug-likeness (QED) is 0.669. The van der Waals surface area contributed by atoms with Crippen molar-refractivity contribution >= 4 is 5.91 Å². The summed E-state index contributed by atoms with van der Waals surface area (Å²) in [5.74, 6) is 0.900. The third-order valence-electron chi connectivity index (χ3n) is 5.18. The largest absolute Gasteiger partial charge is 0.490 e. The molecule has 1 aromatic heterocycles. The van der Waals surface area contributed by atoms with Gasteiger partial charge in [0.05, 0.1) is 18.2 Å². The standard InChI is InChI=1S/C22H25N5O2/c28-22(14-17-6-10-19(11-7-17)27-16-24-25-26-27)23-15-18-8-12-21(13-9-18)29-20-4-2-1-3-5-20/h6-13,16,20H,1-5,14-15H2,(H,23,28). The van der Waals surface area contributed by atoms with Gasteiger partial charge in [0.2, 0.25) is 5.91 Å². The minimum absolute atomic E-state index is 0.0114. The lowest BCUT2D eigenvalue weighted by atomic mass is 9.98. The highest BCUT2D eigenvalue weighted by Crippen LogP contribution is 2.23. The van der Waals surface area contributed by atoms with E-state index in [2.05, 4.69) is 20.8 Å². The van der Waals surface area contributed by atoms with E-state index >= 15 is 0 Å². The summed E-state index contributed by atoms with van der Waals surface area (Å²) in [6.07, 6.45) is 8.35. The van der Waals surface area contributed by atoms with Gasteiger partial charge in [-0.1, -0.05) is 30.7 Å². The van der Waals surface area contributed by atoms with E-state index < -0.39 is 0 Å². The maximum absolute atomic E-state index is 12.3. The normalized spacial score (nSPS) is 14.5. The fourth-order valence-electron chi connectivity index (χ4n) is 3.56. The summed E-state index contributed by atoms with van der Waals surface area (Å²) in [5.41, 5.74) is 2.86. The summed E-state index contributed by atoms with van der Waals surface area (Å²) in [6.45, 7) is 0.505. The Bertz CT molecular complexity index is 901. The van der Waals surface area contributed by atoms with Crippen molar-refractivity contribution in [3.63, 3.8) is 0 Å². The van der Waals surface area contributed by atoms with Crippen molar-refractivity contribution in [2.75, 3.05) is 0 Å². The zero-order valence-corrected chi connectivity index (χ0v) is 16.3. The zero-order valence-electron chi connectivity index (χ0n) is 16.3. The lowest BCUT2D eigenvalue weighted by Gasteiger charge is -2.23. The van der Waals surface area contributed by atoms with Crippen LogP contribution >= 0.6 is 0 Å². The summed E-state index contributed by atoms with van der Waals surface area (Å²) < 4.78 is 7.62. The van der Waals surface area contributed by atoms with E-state index in [4.69, 9.17) is 4.74 Å². The number of carbonyl (C=O) groups is 1.